The zero-order valence-electron chi connectivity index (χ0n) is 13.6. The first-order valence-corrected chi connectivity index (χ1v) is 8.56. The number of carbonyl (C=O) groups is 2. The molecule has 0 bridgehead atoms. The SMILES string of the molecule is COCC(C)N(C(=O)CS(=O)(=O)O)c1c(C)cccc1C(C)=O. The molecule has 0 aliphatic carbocycles. The predicted octanol–water partition coefficient (Wildman–Crippen LogP) is 1.45. The van der Waals surface area contributed by atoms with Crippen molar-refractivity contribution < 1.29 is 27.3 Å². The average Bonchev–Trinajstić information content (AvgIpc) is 2.38. The zero-order chi connectivity index (χ0) is 17.8. The van der Waals surface area contributed by atoms with Crippen LogP contribution in [0.1, 0.15) is 29.8 Å². The molecule has 0 saturated heterocycles. The third kappa shape index (κ3) is 5.12. The van der Waals surface area contributed by atoms with E-state index in [4.69, 9.17) is 9.29 Å². The number of para-hydroxylation sites is 1. The molecule has 1 atom stereocenters. The molecule has 0 aromatic heterocycles. The van der Waals surface area contributed by atoms with Gasteiger partial charge in [0.15, 0.2) is 11.5 Å². The van der Waals surface area contributed by atoms with E-state index in [-0.39, 0.29) is 12.4 Å². The lowest BCUT2D eigenvalue weighted by molar-refractivity contribution is -0.116. The fraction of sp³-hybridized carbons (Fsp3) is 0.467. The van der Waals surface area contributed by atoms with Crippen molar-refractivity contribution in [3.8, 4) is 0 Å². The van der Waals surface area contributed by atoms with Gasteiger partial charge < -0.3 is 9.64 Å². The lowest BCUT2D eigenvalue weighted by atomic mass is 10.0. The number of carbonyl (C=O) groups excluding carboxylic acids is 2. The summed E-state index contributed by atoms with van der Waals surface area (Å²) in [6, 6.07) is 4.45. The van der Waals surface area contributed by atoms with Gasteiger partial charge in [-0.25, -0.2) is 0 Å². The van der Waals surface area contributed by atoms with Crippen LogP contribution in [0.25, 0.3) is 0 Å². The molecule has 0 radical (unpaired) electrons. The Morgan fingerprint density at radius 1 is 1.35 bits per heavy atom. The number of hydrogen-bond acceptors (Lipinski definition) is 5. The van der Waals surface area contributed by atoms with Crippen molar-refractivity contribution in [1.82, 2.24) is 0 Å². The van der Waals surface area contributed by atoms with Gasteiger partial charge in [0.2, 0.25) is 5.91 Å². The number of methoxy groups -OCH3 is 1. The van der Waals surface area contributed by atoms with E-state index >= 15 is 0 Å². The highest BCUT2D eigenvalue weighted by molar-refractivity contribution is 7.86. The van der Waals surface area contributed by atoms with Crippen LogP contribution in [0.15, 0.2) is 18.2 Å². The van der Waals surface area contributed by atoms with Crippen LogP contribution >= 0.6 is 0 Å². The van der Waals surface area contributed by atoms with Gasteiger partial charge in [-0.3, -0.25) is 14.1 Å². The Morgan fingerprint density at radius 3 is 2.43 bits per heavy atom. The van der Waals surface area contributed by atoms with Gasteiger partial charge in [0, 0.05) is 12.7 Å². The second-order valence-electron chi connectivity index (χ2n) is 5.32. The fourth-order valence-electron chi connectivity index (χ4n) is 2.40. The van der Waals surface area contributed by atoms with Gasteiger partial charge in [0.25, 0.3) is 10.1 Å². The molecule has 23 heavy (non-hydrogen) atoms. The summed E-state index contributed by atoms with van der Waals surface area (Å²) in [6.07, 6.45) is 0. The second kappa shape index (κ2) is 7.67. The van der Waals surface area contributed by atoms with E-state index in [2.05, 4.69) is 0 Å². The molecule has 7 nitrogen and oxygen atoms in total. The molecule has 0 aliphatic rings. The molecule has 0 aliphatic heterocycles. The van der Waals surface area contributed by atoms with Crippen LogP contribution in [-0.2, 0) is 19.6 Å². The number of aryl methyl sites for hydroxylation is 1. The molecular weight excluding hydrogens is 322 g/mol. The highest BCUT2D eigenvalue weighted by Gasteiger charge is 2.29. The first-order valence-electron chi connectivity index (χ1n) is 6.95. The van der Waals surface area contributed by atoms with E-state index in [1.54, 1.807) is 32.0 Å². The van der Waals surface area contributed by atoms with E-state index in [0.717, 1.165) is 0 Å². The van der Waals surface area contributed by atoms with Crippen LogP contribution in [0.3, 0.4) is 0 Å². The molecule has 0 saturated carbocycles. The highest BCUT2D eigenvalue weighted by atomic mass is 32.2. The van der Waals surface area contributed by atoms with Crippen molar-refractivity contribution in [2.45, 2.75) is 26.8 Å². The molecule has 0 spiro atoms. The van der Waals surface area contributed by atoms with Crippen molar-refractivity contribution >= 4 is 27.5 Å². The Labute approximate surface area is 136 Å². The van der Waals surface area contributed by atoms with Crippen LogP contribution in [0.2, 0.25) is 0 Å². The number of anilines is 1. The van der Waals surface area contributed by atoms with E-state index in [0.29, 0.717) is 16.8 Å². The molecular formula is C15H21NO6S. The molecule has 1 aromatic rings. The number of ketones is 1. The van der Waals surface area contributed by atoms with Crippen LogP contribution in [0.5, 0.6) is 0 Å². The number of benzene rings is 1. The van der Waals surface area contributed by atoms with Gasteiger partial charge >= 0.3 is 0 Å². The molecule has 128 valence electrons. The van der Waals surface area contributed by atoms with Crippen LogP contribution in [-0.4, -0.2) is 50.2 Å². The minimum absolute atomic E-state index is 0.142. The molecule has 0 heterocycles. The first-order chi connectivity index (χ1) is 10.6. The quantitative estimate of drug-likeness (QED) is 0.594. The lowest BCUT2D eigenvalue weighted by Gasteiger charge is -2.31. The number of amides is 1. The first kappa shape index (κ1) is 19.3. The number of rotatable bonds is 7. The van der Waals surface area contributed by atoms with Gasteiger partial charge in [-0.2, -0.15) is 8.42 Å². The fourth-order valence-corrected chi connectivity index (χ4v) is 2.85. The predicted molar refractivity (Wildman–Crippen MR) is 86.4 cm³/mol. The van der Waals surface area contributed by atoms with Crippen molar-refractivity contribution in [1.29, 1.82) is 0 Å². The topological polar surface area (TPSA) is 101 Å². The zero-order valence-corrected chi connectivity index (χ0v) is 14.4. The Bertz CT molecular complexity index is 698. The smallest absolute Gasteiger partial charge is 0.274 e. The molecule has 1 aromatic carbocycles. The largest absolute Gasteiger partial charge is 0.383 e. The van der Waals surface area contributed by atoms with Crippen molar-refractivity contribution in [2.24, 2.45) is 0 Å². The molecule has 1 N–H and O–H groups in total. The highest BCUT2D eigenvalue weighted by Crippen LogP contribution is 2.28. The van der Waals surface area contributed by atoms with E-state index in [1.807, 2.05) is 0 Å². The Morgan fingerprint density at radius 2 is 1.96 bits per heavy atom. The standard InChI is InChI=1S/C15H21NO6S/c1-10-6-5-7-13(12(3)17)15(10)16(11(2)8-22-4)14(18)9-23(19,20)21/h5-7,11H,8-9H2,1-4H3,(H,19,20,21). The van der Waals surface area contributed by atoms with E-state index in [9.17, 15) is 18.0 Å². The Balaban J connectivity index is 3.47. The summed E-state index contributed by atoms with van der Waals surface area (Å²) in [6.45, 7) is 4.89. The molecule has 1 amide bonds. The third-order valence-electron chi connectivity index (χ3n) is 3.28. The van der Waals surface area contributed by atoms with Crippen LogP contribution < -0.4 is 4.90 Å². The third-order valence-corrected chi connectivity index (χ3v) is 3.89. The summed E-state index contributed by atoms with van der Waals surface area (Å²) < 4.78 is 36.1. The monoisotopic (exact) mass is 343 g/mol. The lowest BCUT2D eigenvalue weighted by Crippen LogP contribution is -2.45. The number of hydrogen-bond donors (Lipinski definition) is 1. The maximum atomic E-state index is 12.4. The summed E-state index contributed by atoms with van der Waals surface area (Å²) >= 11 is 0. The number of nitrogens with zero attached hydrogens (tertiary/aromatic N) is 1. The van der Waals surface area contributed by atoms with Crippen molar-refractivity contribution in [3.63, 3.8) is 0 Å². The Hall–Kier alpha value is -1.77. The maximum absolute atomic E-state index is 12.4. The minimum atomic E-state index is -4.49. The van der Waals surface area contributed by atoms with Crippen molar-refractivity contribution in [3.05, 3.63) is 29.3 Å². The number of Topliss-reactive ketones (excluding diaryl/α,β-unsaturated/α-hetero) is 1. The minimum Gasteiger partial charge on any atom is -0.383 e. The van der Waals surface area contributed by atoms with Gasteiger partial charge in [-0.1, -0.05) is 12.1 Å². The van der Waals surface area contributed by atoms with Crippen molar-refractivity contribution in [2.75, 3.05) is 24.4 Å². The van der Waals surface area contributed by atoms with E-state index < -0.39 is 27.8 Å². The maximum Gasteiger partial charge on any atom is 0.274 e. The summed E-state index contributed by atoms with van der Waals surface area (Å²) in [4.78, 5) is 25.5. The Kier molecular flexibility index (Phi) is 6.43. The van der Waals surface area contributed by atoms with E-state index in [1.165, 1.54) is 18.9 Å². The summed E-state index contributed by atoms with van der Waals surface area (Å²) in [7, 11) is -3.04. The average molecular weight is 343 g/mol. The molecule has 0 fully saturated rings. The van der Waals surface area contributed by atoms with Gasteiger partial charge in [0.1, 0.15) is 0 Å². The molecule has 8 heteroatoms. The molecule has 1 unspecified atom stereocenters. The van der Waals surface area contributed by atoms with Gasteiger partial charge in [0.05, 0.1) is 18.3 Å². The molecule has 1 rings (SSSR count). The number of ether oxygens (including phenoxy) is 1. The second-order valence-corrected chi connectivity index (χ2v) is 6.77. The summed E-state index contributed by atoms with van der Waals surface area (Å²) in [5.41, 5.74) is 1.28. The summed E-state index contributed by atoms with van der Waals surface area (Å²) in [5, 5.41) is 0. The summed E-state index contributed by atoms with van der Waals surface area (Å²) in [5.74, 6) is -2.14. The van der Waals surface area contributed by atoms with Gasteiger partial charge in [-0.05, 0) is 32.4 Å². The van der Waals surface area contributed by atoms with Crippen LogP contribution in [0, 0.1) is 6.92 Å². The van der Waals surface area contributed by atoms with Crippen LogP contribution in [0.4, 0.5) is 5.69 Å². The normalized spacial score (nSPS) is 12.7. The van der Waals surface area contributed by atoms with Gasteiger partial charge in [-0.15, -0.1) is 0 Å².